The summed E-state index contributed by atoms with van der Waals surface area (Å²) >= 11 is 11.9. The number of nitrogens with zero attached hydrogens (tertiary/aromatic N) is 3. The van der Waals surface area contributed by atoms with E-state index >= 15 is 0 Å². The van der Waals surface area contributed by atoms with Crippen LogP contribution in [0.5, 0.6) is 0 Å². The van der Waals surface area contributed by atoms with Gasteiger partial charge in [-0.3, -0.25) is 0 Å². The summed E-state index contributed by atoms with van der Waals surface area (Å²) in [5, 5.41) is 9.33. The van der Waals surface area contributed by atoms with Crippen LogP contribution in [0.15, 0.2) is 24.3 Å². The minimum absolute atomic E-state index is 0.456. The van der Waals surface area contributed by atoms with Gasteiger partial charge in [-0.1, -0.05) is 35.3 Å². The molecule has 0 fully saturated rings. The minimum Gasteiger partial charge on any atom is -0.354 e. The van der Waals surface area contributed by atoms with E-state index in [1.807, 2.05) is 50.1 Å². The second-order valence-corrected chi connectivity index (χ2v) is 5.34. The highest BCUT2D eigenvalue weighted by Crippen LogP contribution is 2.24. The number of anilines is 1. The fourth-order valence-electron chi connectivity index (χ4n) is 1.91. The molecule has 0 unspecified atom stereocenters. The van der Waals surface area contributed by atoms with Crippen LogP contribution in [0.3, 0.4) is 0 Å². The molecule has 0 amide bonds. The van der Waals surface area contributed by atoms with Gasteiger partial charge >= 0.3 is 0 Å². The highest BCUT2D eigenvalue weighted by atomic mass is 35.5. The molecule has 0 N–H and O–H groups in total. The van der Waals surface area contributed by atoms with E-state index < -0.39 is 0 Å². The van der Waals surface area contributed by atoms with Gasteiger partial charge in [-0.25, -0.2) is 0 Å². The fourth-order valence-corrected chi connectivity index (χ4v) is 2.30. The van der Waals surface area contributed by atoms with Crippen LogP contribution in [0.1, 0.15) is 16.7 Å². The first kappa shape index (κ1) is 14.1. The number of aromatic nitrogens is 2. The molecule has 0 saturated carbocycles. The lowest BCUT2D eigenvalue weighted by Gasteiger charge is -2.20. The molecule has 2 aromatic rings. The Bertz CT molecular complexity index is 599. The molecule has 0 aliphatic rings. The maximum atomic E-state index is 5.99. The molecule has 3 nitrogen and oxygen atoms in total. The second-order valence-electron chi connectivity index (χ2n) is 4.55. The van der Waals surface area contributed by atoms with Crippen LogP contribution in [0, 0.1) is 13.8 Å². The zero-order valence-electron chi connectivity index (χ0n) is 11.1. The molecule has 100 valence electrons. The van der Waals surface area contributed by atoms with Crippen molar-refractivity contribution in [1.29, 1.82) is 0 Å². The van der Waals surface area contributed by atoms with Gasteiger partial charge in [0, 0.05) is 18.6 Å². The molecule has 1 aromatic heterocycles. The number of benzene rings is 1. The standard InChI is InChI=1S/C14H15Cl2N3/c1-9-10(2)14(18-17-13(9)16)19(3)8-11-5-4-6-12(15)7-11/h4-7H,8H2,1-3H3. The summed E-state index contributed by atoms with van der Waals surface area (Å²) in [7, 11) is 1.98. The van der Waals surface area contributed by atoms with Gasteiger partial charge in [0.25, 0.3) is 0 Å². The Labute approximate surface area is 123 Å². The van der Waals surface area contributed by atoms with E-state index in [2.05, 4.69) is 10.2 Å². The Morgan fingerprint density at radius 3 is 2.53 bits per heavy atom. The largest absolute Gasteiger partial charge is 0.354 e. The zero-order valence-corrected chi connectivity index (χ0v) is 12.6. The van der Waals surface area contributed by atoms with Gasteiger partial charge < -0.3 is 4.90 Å². The molecule has 0 saturated heterocycles. The fraction of sp³-hybridized carbons (Fsp3) is 0.286. The first-order valence-electron chi connectivity index (χ1n) is 5.94. The molecule has 5 heteroatoms. The molecule has 1 aromatic carbocycles. The summed E-state index contributed by atoms with van der Waals surface area (Å²) in [6, 6.07) is 7.79. The molecule has 0 bridgehead atoms. The van der Waals surface area contributed by atoms with E-state index in [1.165, 1.54) is 0 Å². The van der Waals surface area contributed by atoms with Gasteiger partial charge in [-0.05, 0) is 42.7 Å². The molecule has 1 heterocycles. The normalized spacial score (nSPS) is 10.6. The van der Waals surface area contributed by atoms with Crippen molar-refractivity contribution in [2.24, 2.45) is 0 Å². The van der Waals surface area contributed by atoms with Gasteiger partial charge in [0.05, 0.1) is 0 Å². The topological polar surface area (TPSA) is 29.0 Å². The first-order chi connectivity index (χ1) is 8.99. The molecular weight excluding hydrogens is 281 g/mol. The lowest BCUT2D eigenvalue weighted by atomic mass is 10.1. The second kappa shape index (κ2) is 5.76. The lowest BCUT2D eigenvalue weighted by molar-refractivity contribution is 0.853. The third kappa shape index (κ3) is 3.17. The predicted molar refractivity (Wildman–Crippen MR) is 80.1 cm³/mol. The van der Waals surface area contributed by atoms with Crippen molar-refractivity contribution in [3.63, 3.8) is 0 Å². The smallest absolute Gasteiger partial charge is 0.155 e. The van der Waals surface area contributed by atoms with Gasteiger partial charge in [0.2, 0.25) is 0 Å². The Morgan fingerprint density at radius 1 is 1.11 bits per heavy atom. The van der Waals surface area contributed by atoms with Crippen LogP contribution < -0.4 is 4.90 Å². The van der Waals surface area contributed by atoms with Gasteiger partial charge in [0.1, 0.15) is 0 Å². The van der Waals surface area contributed by atoms with Crippen LogP contribution in [-0.4, -0.2) is 17.2 Å². The van der Waals surface area contributed by atoms with E-state index in [1.54, 1.807) is 0 Å². The van der Waals surface area contributed by atoms with Crippen molar-refractivity contribution in [1.82, 2.24) is 10.2 Å². The SMILES string of the molecule is Cc1c(Cl)nnc(N(C)Cc2cccc(Cl)c2)c1C. The van der Waals surface area contributed by atoms with Gasteiger partial charge in [0.15, 0.2) is 11.0 Å². The van der Waals surface area contributed by atoms with E-state index in [4.69, 9.17) is 23.2 Å². The lowest BCUT2D eigenvalue weighted by Crippen LogP contribution is -2.20. The maximum Gasteiger partial charge on any atom is 0.155 e. The van der Waals surface area contributed by atoms with Crippen molar-refractivity contribution >= 4 is 29.0 Å². The van der Waals surface area contributed by atoms with E-state index in [9.17, 15) is 0 Å². The third-order valence-electron chi connectivity index (χ3n) is 3.11. The molecule has 0 atom stereocenters. The quantitative estimate of drug-likeness (QED) is 0.856. The zero-order chi connectivity index (χ0) is 14.0. The summed E-state index contributed by atoms with van der Waals surface area (Å²) in [5.41, 5.74) is 3.14. The minimum atomic E-state index is 0.456. The van der Waals surface area contributed by atoms with Crippen molar-refractivity contribution in [3.05, 3.63) is 51.1 Å². The Hall–Kier alpha value is -1.32. The van der Waals surface area contributed by atoms with Gasteiger partial charge in [-0.2, -0.15) is 0 Å². The summed E-state index contributed by atoms with van der Waals surface area (Å²) in [5.74, 6) is 0.835. The number of rotatable bonds is 3. The summed E-state index contributed by atoms with van der Waals surface area (Å²) in [6.45, 7) is 4.67. The number of halogens is 2. The molecule has 0 aliphatic heterocycles. The van der Waals surface area contributed by atoms with Gasteiger partial charge in [-0.15, -0.1) is 10.2 Å². The first-order valence-corrected chi connectivity index (χ1v) is 6.69. The molecule has 2 rings (SSSR count). The van der Waals surface area contributed by atoms with Crippen LogP contribution in [-0.2, 0) is 6.54 Å². The summed E-state index contributed by atoms with van der Waals surface area (Å²) in [6.07, 6.45) is 0. The van der Waals surface area contributed by atoms with Crippen molar-refractivity contribution < 1.29 is 0 Å². The summed E-state index contributed by atoms with van der Waals surface area (Å²) < 4.78 is 0. The van der Waals surface area contributed by atoms with E-state index in [0.717, 1.165) is 34.1 Å². The van der Waals surface area contributed by atoms with E-state index in [0.29, 0.717) is 5.15 Å². The number of hydrogen-bond donors (Lipinski definition) is 0. The van der Waals surface area contributed by atoms with Crippen molar-refractivity contribution in [3.8, 4) is 0 Å². The predicted octanol–water partition coefficient (Wildman–Crippen LogP) is 4.04. The monoisotopic (exact) mass is 295 g/mol. The molecule has 19 heavy (non-hydrogen) atoms. The van der Waals surface area contributed by atoms with E-state index in [-0.39, 0.29) is 0 Å². The number of hydrogen-bond acceptors (Lipinski definition) is 3. The van der Waals surface area contributed by atoms with Crippen LogP contribution in [0.2, 0.25) is 10.2 Å². The van der Waals surface area contributed by atoms with Crippen molar-refractivity contribution in [2.45, 2.75) is 20.4 Å². The van der Waals surface area contributed by atoms with Crippen molar-refractivity contribution in [2.75, 3.05) is 11.9 Å². The Balaban J connectivity index is 2.25. The molecular formula is C14H15Cl2N3. The Kier molecular flexibility index (Phi) is 4.27. The third-order valence-corrected chi connectivity index (χ3v) is 3.70. The summed E-state index contributed by atoms with van der Waals surface area (Å²) in [4.78, 5) is 2.04. The van der Waals surface area contributed by atoms with Crippen LogP contribution >= 0.6 is 23.2 Å². The van der Waals surface area contributed by atoms with Crippen LogP contribution in [0.25, 0.3) is 0 Å². The van der Waals surface area contributed by atoms with Crippen LogP contribution in [0.4, 0.5) is 5.82 Å². The molecule has 0 spiro atoms. The molecule has 0 radical (unpaired) electrons. The highest BCUT2D eigenvalue weighted by molar-refractivity contribution is 6.30. The average Bonchev–Trinajstić information content (AvgIpc) is 2.36. The maximum absolute atomic E-state index is 5.99. The Morgan fingerprint density at radius 2 is 1.84 bits per heavy atom. The highest BCUT2D eigenvalue weighted by Gasteiger charge is 2.12. The molecule has 0 aliphatic carbocycles. The average molecular weight is 296 g/mol.